The van der Waals surface area contributed by atoms with Crippen molar-refractivity contribution < 1.29 is 74.7 Å². The van der Waals surface area contributed by atoms with Crippen molar-refractivity contribution in [3.05, 3.63) is 0 Å². The maximum absolute atomic E-state index is 10.6. The fraction of sp³-hybridized carbons (Fsp3) is 1.00. The van der Waals surface area contributed by atoms with Gasteiger partial charge in [-0.05, 0) is 6.92 Å². The highest BCUT2D eigenvalue weighted by Crippen LogP contribution is 2.32. The molecule has 0 saturated carbocycles. The van der Waals surface area contributed by atoms with E-state index in [0.29, 0.717) is 0 Å². The second-order valence-electron chi connectivity index (χ2n) is 8.32. The molecular formula is C18H32O15. The summed E-state index contributed by atoms with van der Waals surface area (Å²) < 4.78 is 26.8. The zero-order valence-electron chi connectivity index (χ0n) is 17.6. The van der Waals surface area contributed by atoms with Crippen molar-refractivity contribution >= 4 is 0 Å². The van der Waals surface area contributed by atoms with Crippen molar-refractivity contribution in [1.29, 1.82) is 0 Å². The van der Waals surface area contributed by atoms with Crippen LogP contribution in [0.25, 0.3) is 0 Å². The quantitative estimate of drug-likeness (QED) is 0.167. The first-order valence-corrected chi connectivity index (χ1v) is 10.4. The summed E-state index contributed by atoms with van der Waals surface area (Å²) in [5.74, 6) is 0. The molecule has 0 radical (unpaired) electrons. The van der Waals surface area contributed by atoms with Crippen LogP contribution in [-0.2, 0) is 23.7 Å². The van der Waals surface area contributed by atoms with E-state index in [1.165, 1.54) is 6.92 Å². The topological polar surface area (TPSA) is 248 Å². The molecule has 3 fully saturated rings. The molecule has 0 unspecified atom stereocenters. The van der Waals surface area contributed by atoms with Gasteiger partial charge in [-0.2, -0.15) is 0 Å². The number of aliphatic hydroxyl groups is 10. The number of hydrogen-bond donors (Lipinski definition) is 10. The molecule has 33 heavy (non-hydrogen) atoms. The smallest absolute Gasteiger partial charge is 0.187 e. The molecule has 194 valence electrons. The van der Waals surface area contributed by atoms with Crippen LogP contribution in [0.1, 0.15) is 6.92 Å². The summed E-state index contributed by atoms with van der Waals surface area (Å²) in [5.41, 5.74) is 0. The van der Waals surface area contributed by atoms with Crippen LogP contribution in [0, 0.1) is 0 Å². The van der Waals surface area contributed by atoms with Gasteiger partial charge < -0.3 is 74.7 Å². The van der Waals surface area contributed by atoms with Gasteiger partial charge in [0.05, 0.1) is 19.3 Å². The molecule has 3 aliphatic heterocycles. The molecule has 15 heteroatoms. The fourth-order valence-corrected chi connectivity index (χ4v) is 3.97. The predicted molar refractivity (Wildman–Crippen MR) is 99.8 cm³/mol. The largest absolute Gasteiger partial charge is 0.394 e. The van der Waals surface area contributed by atoms with Crippen molar-refractivity contribution in [2.45, 2.75) is 99.0 Å². The van der Waals surface area contributed by atoms with Gasteiger partial charge >= 0.3 is 0 Å². The molecule has 3 rings (SSSR count). The van der Waals surface area contributed by atoms with Crippen LogP contribution in [0.5, 0.6) is 0 Å². The molecule has 0 aromatic carbocycles. The van der Waals surface area contributed by atoms with E-state index in [0.717, 1.165) is 0 Å². The second-order valence-corrected chi connectivity index (χ2v) is 8.32. The highest BCUT2D eigenvalue weighted by Gasteiger charge is 2.53. The summed E-state index contributed by atoms with van der Waals surface area (Å²) in [7, 11) is 0. The van der Waals surface area contributed by atoms with E-state index in [1.807, 2.05) is 0 Å². The summed E-state index contributed by atoms with van der Waals surface area (Å²) in [6, 6.07) is 0. The highest BCUT2D eigenvalue weighted by atomic mass is 16.8. The van der Waals surface area contributed by atoms with Crippen LogP contribution >= 0.6 is 0 Å². The standard InChI is InChI=1S/C18H32O15/c1-4-7(21)14(32-17-12(26)10(24)8(22)5(2-19)30-17)15(16(28)29-4)33-18-13(27)11(25)9(23)6(3-20)31-18/h4-28H,2-3H2,1H3/t4-,5+,6+,7-,8+,9+,10-,11-,12+,13+,14+,15+,16+,17+,18-/m0/s1. The molecule has 15 atom stereocenters. The SMILES string of the molecule is C[C@@H]1O[C@@H](O)[C@H](O[C@@H]2O[C@H](CO)[C@@H](O)[C@H](O)[C@H]2O)[C@H](O[C@H]2O[C@H](CO)[C@@H](O)[C@H](O)[C@H]2O)[C@H]1O. The van der Waals surface area contributed by atoms with Crippen LogP contribution in [-0.4, -0.2) is 156 Å². The maximum Gasteiger partial charge on any atom is 0.187 e. The van der Waals surface area contributed by atoms with Crippen LogP contribution < -0.4 is 0 Å². The first-order valence-electron chi connectivity index (χ1n) is 10.4. The van der Waals surface area contributed by atoms with E-state index < -0.39 is 105 Å². The van der Waals surface area contributed by atoms with Crippen molar-refractivity contribution in [3.8, 4) is 0 Å². The van der Waals surface area contributed by atoms with Crippen LogP contribution in [0.3, 0.4) is 0 Å². The molecular weight excluding hydrogens is 456 g/mol. The van der Waals surface area contributed by atoms with E-state index in [-0.39, 0.29) is 0 Å². The van der Waals surface area contributed by atoms with Crippen LogP contribution in [0.15, 0.2) is 0 Å². The third-order valence-corrected chi connectivity index (χ3v) is 6.06. The van der Waals surface area contributed by atoms with E-state index in [4.69, 9.17) is 23.7 Å². The summed E-state index contributed by atoms with van der Waals surface area (Å²) in [4.78, 5) is 0. The van der Waals surface area contributed by atoms with Gasteiger partial charge in [-0.15, -0.1) is 0 Å². The van der Waals surface area contributed by atoms with Crippen molar-refractivity contribution in [3.63, 3.8) is 0 Å². The minimum Gasteiger partial charge on any atom is -0.394 e. The van der Waals surface area contributed by atoms with Gasteiger partial charge in [0.1, 0.15) is 67.1 Å². The lowest BCUT2D eigenvalue weighted by atomic mass is 9.96. The molecule has 10 N–H and O–H groups in total. The van der Waals surface area contributed by atoms with E-state index in [1.54, 1.807) is 0 Å². The van der Waals surface area contributed by atoms with Gasteiger partial charge in [-0.25, -0.2) is 0 Å². The third kappa shape index (κ3) is 5.32. The normalized spacial score (nSPS) is 53.7. The second kappa shape index (κ2) is 11.0. The Balaban J connectivity index is 1.80. The minimum atomic E-state index is -1.83. The van der Waals surface area contributed by atoms with Gasteiger partial charge in [0.25, 0.3) is 0 Å². The average Bonchev–Trinajstić information content (AvgIpc) is 2.79. The Kier molecular flexibility index (Phi) is 8.99. The van der Waals surface area contributed by atoms with E-state index in [2.05, 4.69) is 0 Å². The summed E-state index contributed by atoms with van der Waals surface area (Å²) in [6.45, 7) is -0.0778. The van der Waals surface area contributed by atoms with Crippen molar-refractivity contribution in [2.24, 2.45) is 0 Å². The lowest BCUT2D eigenvalue weighted by Crippen LogP contribution is -2.66. The lowest BCUT2D eigenvalue weighted by molar-refractivity contribution is -0.385. The molecule has 0 aliphatic carbocycles. The van der Waals surface area contributed by atoms with Gasteiger partial charge in [-0.3, -0.25) is 0 Å². The fourth-order valence-electron chi connectivity index (χ4n) is 3.97. The molecule has 15 nitrogen and oxygen atoms in total. The van der Waals surface area contributed by atoms with Gasteiger partial charge in [-0.1, -0.05) is 0 Å². The molecule has 0 spiro atoms. The van der Waals surface area contributed by atoms with Crippen molar-refractivity contribution in [2.75, 3.05) is 13.2 Å². The average molecular weight is 488 g/mol. The van der Waals surface area contributed by atoms with Crippen molar-refractivity contribution in [1.82, 2.24) is 0 Å². The van der Waals surface area contributed by atoms with Gasteiger partial charge in [0, 0.05) is 0 Å². The zero-order chi connectivity index (χ0) is 24.6. The number of rotatable bonds is 6. The number of hydrogen-bond acceptors (Lipinski definition) is 15. The maximum atomic E-state index is 10.6. The molecule has 0 bridgehead atoms. The monoisotopic (exact) mass is 488 g/mol. The molecule has 3 heterocycles. The Bertz CT molecular complexity index is 622. The Hall–Kier alpha value is -0.600. The molecule has 0 amide bonds. The van der Waals surface area contributed by atoms with Gasteiger partial charge in [0.2, 0.25) is 0 Å². The van der Waals surface area contributed by atoms with Crippen LogP contribution in [0.4, 0.5) is 0 Å². The summed E-state index contributed by atoms with van der Waals surface area (Å²) in [5, 5.41) is 99.9. The highest BCUT2D eigenvalue weighted by molar-refractivity contribution is 4.95. The molecule has 3 saturated heterocycles. The van der Waals surface area contributed by atoms with E-state index in [9.17, 15) is 51.1 Å². The zero-order valence-corrected chi connectivity index (χ0v) is 17.6. The van der Waals surface area contributed by atoms with Crippen LogP contribution in [0.2, 0.25) is 0 Å². The number of ether oxygens (including phenoxy) is 5. The lowest BCUT2D eigenvalue weighted by Gasteiger charge is -2.48. The Morgan fingerprint density at radius 2 is 0.970 bits per heavy atom. The molecule has 0 aromatic heterocycles. The van der Waals surface area contributed by atoms with E-state index >= 15 is 0 Å². The Morgan fingerprint density at radius 1 is 0.545 bits per heavy atom. The Labute approximate surface area is 187 Å². The third-order valence-electron chi connectivity index (χ3n) is 6.06. The number of aliphatic hydroxyl groups excluding tert-OH is 10. The first kappa shape index (κ1) is 27.0. The molecule has 3 aliphatic rings. The van der Waals surface area contributed by atoms with Gasteiger partial charge in [0.15, 0.2) is 18.9 Å². The molecule has 0 aromatic rings. The predicted octanol–water partition coefficient (Wildman–Crippen LogP) is -6.55. The Morgan fingerprint density at radius 3 is 1.39 bits per heavy atom. The summed E-state index contributed by atoms with van der Waals surface area (Å²) >= 11 is 0. The minimum absolute atomic E-state index is 0.731. The first-order chi connectivity index (χ1) is 15.5. The summed E-state index contributed by atoms with van der Waals surface area (Å²) in [6.07, 6.45) is -24.1.